The Labute approximate surface area is 165 Å². The Kier molecular flexibility index (Phi) is 6.02. The Balaban J connectivity index is 1.41. The molecule has 1 aromatic heterocycles. The van der Waals surface area contributed by atoms with E-state index in [2.05, 4.69) is 26.7 Å². The van der Waals surface area contributed by atoms with Crippen LogP contribution in [0.25, 0.3) is 0 Å². The molecule has 0 N–H and O–H groups in total. The summed E-state index contributed by atoms with van der Waals surface area (Å²) in [7, 11) is 2.12. The van der Waals surface area contributed by atoms with Gasteiger partial charge in [0.2, 0.25) is 5.95 Å². The lowest BCUT2D eigenvalue weighted by molar-refractivity contribution is 0.122. The summed E-state index contributed by atoms with van der Waals surface area (Å²) in [5, 5.41) is 0. The van der Waals surface area contributed by atoms with E-state index in [4.69, 9.17) is 9.72 Å². The van der Waals surface area contributed by atoms with E-state index in [0.717, 1.165) is 76.1 Å². The maximum atomic E-state index is 13.1. The molecule has 0 bridgehead atoms. The number of hydrogen-bond donors (Lipinski definition) is 0. The molecule has 1 unspecified atom stereocenters. The van der Waals surface area contributed by atoms with Gasteiger partial charge in [-0.1, -0.05) is 12.1 Å². The second-order valence-corrected chi connectivity index (χ2v) is 7.58. The zero-order valence-corrected chi connectivity index (χ0v) is 16.4. The van der Waals surface area contributed by atoms with Crippen LogP contribution in [0.4, 0.5) is 16.2 Å². The number of morpholine rings is 1. The minimum atomic E-state index is -0.181. The van der Waals surface area contributed by atoms with Crippen molar-refractivity contribution >= 4 is 11.8 Å². The number of anilines is 2. The van der Waals surface area contributed by atoms with Gasteiger partial charge in [0, 0.05) is 45.5 Å². The Morgan fingerprint density at radius 3 is 2.71 bits per heavy atom. The van der Waals surface area contributed by atoms with Gasteiger partial charge in [-0.2, -0.15) is 4.98 Å². The lowest BCUT2D eigenvalue weighted by Gasteiger charge is -2.38. The smallest absolute Gasteiger partial charge is 0.227 e. The molecule has 2 fully saturated rings. The predicted molar refractivity (Wildman–Crippen MR) is 108 cm³/mol. The molecule has 0 amide bonds. The van der Waals surface area contributed by atoms with Crippen LogP contribution in [-0.2, 0) is 11.3 Å². The molecule has 2 aromatic rings. The maximum absolute atomic E-state index is 13.1. The molecule has 1 atom stereocenters. The van der Waals surface area contributed by atoms with Gasteiger partial charge in [0.15, 0.2) is 0 Å². The van der Waals surface area contributed by atoms with E-state index in [1.807, 2.05) is 24.4 Å². The molecule has 4 rings (SSSR count). The van der Waals surface area contributed by atoms with E-state index in [-0.39, 0.29) is 5.82 Å². The first kappa shape index (κ1) is 19.1. The molecular weight excluding hydrogens is 357 g/mol. The third-order valence-electron chi connectivity index (χ3n) is 5.63. The number of ether oxygens (including phenoxy) is 1. The second-order valence-electron chi connectivity index (χ2n) is 7.58. The van der Waals surface area contributed by atoms with E-state index in [1.54, 1.807) is 0 Å². The number of halogens is 1. The Bertz CT molecular complexity index is 766. The van der Waals surface area contributed by atoms with Crippen molar-refractivity contribution in [2.45, 2.75) is 25.4 Å². The zero-order chi connectivity index (χ0) is 19.3. The van der Waals surface area contributed by atoms with Crippen LogP contribution in [0, 0.1) is 5.82 Å². The molecule has 7 heteroatoms. The normalized spacial score (nSPS) is 20.9. The van der Waals surface area contributed by atoms with E-state index in [9.17, 15) is 4.39 Å². The third kappa shape index (κ3) is 4.59. The monoisotopic (exact) mass is 385 g/mol. The van der Waals surface area contributed by atoms with Gasteiger partial charge in [0.25, 0.3) is 0 Å². The van der Waals surface area contributed by atoms with Crippen molar-refractivity contribution in [2.24, 2.45) is 0 Å². The Morgan fingerprint density at radius 1 is 1.14 bits per heavy atom. The number of nitrogens with zero attached hydrogens (tertiary/aromatic N) is 5. The van der Waals surface area contributed by atoms with Gasteiger partial charge >= 0.3 is 0 Å². The van der Waals surface area contributed by atoms with Gasteiger partial charge in [0.05, 0.1) is 13.2 Å². The average molecular weight is 385 g/mol. The SMILES string of the molecule is CN(c1ccnc(N2CCOCC2)n1)C1CCCN(Cc2ccc(F)cc2)C1. The highest BCUT2D eigenvalue weighted by molar-refractivity contribution is 5.44. The van der Waals surface area contributed by atoms with Crippen molar-refractivity contribution in [2.75, 3.05) is 56.2 Å². The second kappa shape index (κ2) is 8.84. The number of piperidine rings is 1. The van der Waals surface area contributed by atoms with Gasteiger partial charge in [0.1, 0.15) is 11.6 Å². The summed E-state index contributed by atoms with van der Waals surface area (Å²) in [5.41, 5.74) is 1.15. The molecule has 2 aliphatic heterocycles. The fraction of sp³-hybridized carbons (Fsp3) is 0.524. The predicted octanol–water partition coefficient (Wildman–Crippen LogP) is 2.55. The van der Waals surface area contributed by atoms with Gasteiger partial charge in [-0.3, -0.25) is 4.90 Å². The number of aromatic nitrogens is 2. The van der Waals surface area contributed by atoms with Crippen LogP contribution < -0.4 is 9.80 Å². The minimum absolute atomic E-state index is 0.181. The fourth-order valence-corrected chi connectivity index (χ4v) is 3.98. The van der Waals surface area contributed by atoms with Crippen LogP contribution >= 0.6 is 0 Å². The van der Waals surface area contributed by atoms with Gasteiger partial charge in [-0.05, 0) is 43.1 Å². The number of rotatable bonds is 5. The molecule has 3 heterocycles. The number of likely N-dealkylation sites (tertiary alicyclic amines) is 1. The average Bonchev–Trinajstić information content (AvgIpc) is 2.76. The summed E-state index contributed by atoms with van der Waals surface area (Å²) >= 11 is 0. The first-order valence-corrected chi connectivity index (χ1v) is 10.0. The lowest BCUT2D eigenvalue weighted by Crippen LogP contribution is -2.46. The van der Waals surface area contributed by atoms with Crippen LogP contribution in [0.5, 0.6) is 0 Å². The molecule has 2 aliphatic rings. The lowest BCUT2D eigenvalue weighted by atomic mass is 10.0. The van der Waals surface area contributed by atoms with Crippen molar-refractivity contribution in [3.05, 3.63) is 47.9 Å². The quantitative estimate of drug-likeness (QED) is 0.788. The van der Waals surface area contributed by atoms with Crippen molar-refractivity contribution < 1.29 is 9.13 Å². The largest absolute Gasteiger partial charge is 0.378 e. The van der Waals surface area contributed by atoms with E-state index >= 15 is 0 Å². The van der Waals surface area contributed by atoms with E-state index in [1.165, 1.54) is 12.1 Å². The van der Waals surface area contributed by atoms with Crippen molar-refractivity contribution in [1.29, 1.82) is 0 Å². The highest BCUT2D eigenvalue weighted by Gasteiger charge is 2.25. The Morgan fingerprint density at radius 2 is 1.93 bits per heavy atom. The molecule has 0 spiro atoms. The van der Waals surface area contributed by atoms with Gasteiger partial charge in [-0.25, -0.2) is 9.37 Å². The van der Waals surface area contributed by atoms with E-state index < -0.39 is 0 Å². The van der Waals surface area contributed by atoms with Gasteiger partial charge < -0.3 is 14.5 Å². The summed E-state index contributed by atoms with van der Waals surface area (Å²) in [4.78, 5) is 16.2. The van der Waals surface area contributed by atoms with Crippen LogP contribution in [0.2, 0.25) is 0 Å². The maximum Gasteiger partial charge on any atom is 0.227 e. The summed E-state index contributed by atoms with van der Waals surface area (Å²) in [5.74, 6) is 1.57. The fourth-order valence-electron chi connectivity index (χ4n) is 3.98. The van der Waals surface area contributed by atoms with Crippen molar-refractivity contribution in [1.82, 2.24) is 14.9 Å². The topological polar surface area (TPSA) is 44.7 Å². The summed E-state index contributed by atoms with van der Waals surface area (Å²) in [6, 6.07) is 9.22. The van der Waals surface area contributed by atoms with Gasteiger partial charge in [-0.15, -0.1) is 0 Å². The first-order chi connectivity index (χ1) is 13.7. The number of likely N-dealkylation sites (N-methyl/N-ethyl adjacent to an activating group) is 1. The summed E-state index contributed by atoms with van der Waals surface area (Å²) in [6.07, 6.45) is 4.15. The molecule has 0 saturated carbocycles. The number of hydrogen-bond acceptors (Lipinski definition) is 6. The zero-order valence-electron chi connectivity index (χ0n) is 16.4. The molecule has 6 nitrogen and oxygen atoms in total. The molecule has 0 radical (unpaired) electrons. The molecule has 1 aromatic carbocycles. The molecule has 28 heavy (non-hydrogen) atoms. The highest BCUT2D eigenvalue weighted by Crippen LogP contribution is 2.23. The van der Waals surface area contributed by atoms with Crippen LogP contribution in [0.3, 0.4) is 0 Å². The van der Waals surface area contributed by atoms with Crippen LogP contribution in [0.15, 0.2) is 36.5 Å². The van der Waals surface area contributed by atoms with Crippen LogP contribution in [0.1, 0.15) is 18.4 Å². The van der Waals surface area contributed by atoms with E-state index in [0.29, 0.717) is 6.04 Å². The number of benzene rings is 1. The van der Waals surface area contributed by atoms with Crippen molar-refractivity contribution in [3.63, 3.8) is 0 Å². The minimum Gasteiger partial charge on any atom is -0.378 e. The molecule has 2 saturated heterocycles. The molecule has 150 valence electrons. The van der Waals surface area contributed by atoms with Crippen LogP contribution in [-0.4, -0.2) is 67.4 Å². The third-order valence-corrected chi connectivity index (χ3v) is 5.63. The summed E-state index contributed by atoms with van der Waals surface area (Å²) in [6.45, 7) is 6.03. The molecular formula is C21H28FN5O. The van der Waals surface area contributed by atoms with Crippen molar-refractivity contribution in [3.8, 4) is 0 Å². The summed E-state index contributed by atoms with van der Waals surface area (Å²) < 4.78 is 18.6. The Hall–Kier alpha value is -2.25. The molecule has 0 aliphatic carbocycles. The standard InChI is InChI=1S/C21H28FN5O/c1-25(20-8-9-23-21(24-20)27-11-13-28-14-12-27)19-3-2-10-26(16-19)15-17-4-6-18(22)7-5-17/h4-9,19H,2-3,10-16H2,1H3. The highest BCUT2D eigenvalue weighted by atomic mass is 19.1. The first-order valence-electron chi connectivity index (χ1n) is 10.0.